The van der Waals surface area contributed by atoms with E-state index in [2.05, 4.69) is 24.0 Å². The summed E-state index contributed by atoms with van der Waals surface area (Å²) >= 11 is 0. The summed E-state index contributed by atoms with van der Waals surface area (Å²) in [5, 5.41) is 14.1. The van der Waals surface area contributed by atoms with Crippen LogP contribution in [0, 0.1) is 5.92 Å². The van der Waals surface area contributed by atoms with E-state index in [-0.39, 0.29) is 18.1 Å². The van der Waals surface area contributed by atoms with E-state index >= 15 is 0 Å². The van der Waals surface area contributed by atoms with Crippen LogP contribution in [0.15, 0.2) is 4.52 Å². The molecule has 1 aromatic rings. The molecule has 1 heterocycles. The largest absolute Gasteiger partial charge is 0.392 e. The number of aromatic nitrogens is 2. The molecule has 2 rings (SSSR count). The summed E-state index contributed by atoms with van der Waals surface area (Å²) in [7, 11) is 0. The fourth-order valence-corrected chi connectivity index (χ4v) is 2.66. The fourth-order valence-electron chi connectivity index (χ4n) is 2.66. The third-order valence-corrected chi connectivity index (χ3v) is 3.71. The quantitative estimate of drug-likeness (QED) is 0.889. The Morgan fingerprint density at radius 2 is 2.11 bits per heavy atom. The average molecular weight is 268 g/mol. The third kappa shape index (κ3) is 3.34. The van der Waals surface area contributed by atoms with Gasteiger partial charge in [-0.15, -0.1) is 0 Å². The Labute approximate surface area is 114 Å². The molecule has 0 bridgehead atoms. The van der Waals surface area contributed by atoms with Gasteiger partial charge >= 0.3 is 0 Å². The predicted molar refractivity (Wildman–Crippen MR) is 70.7 cm³/mol. The Morgan fingerprint density at radius 1 is 1.37 bits per heavy atom. The molecule has 108 valence electrons. The molecule has 0 aliphatic heterocycles. The van der Waals surface area contributed by atoms with Gasteiger partial charge in [0.15, 0.2) is 0 Å². The first-order valence-corrected chi connectivity index (χ1v) is 7.26. The van der Waals surface area contributed by atoms with Gasteiger partial charge in [0.05, 0.1) is 12.0 Å². The number of aliphatic hydroxyl groups is 1. The standard InChI is InChI=1S/C14H24N2O3/c1-4-18-12(9(2)3)13-15-14(19-16-13)10-7-5-6-8-11(10)17/h9-12,17H,4-8H2,1-3H3. The van der Waals surface area contributed by atoms with Crippen LogP contribution in [0.25, 0.3) is 0 Å². The molecule has 1 aliphatic carbocycles. The van der Waals surface area contributed by atoms with Crippen LogP contribution in [0.1, 0.15) is 70.2 Å². The van der Waals surface area contributed by atoms with Crippen molar-refractivity contribution < 1.29 is 14.4 Å². The smallest absolute Gasteiger partial charge is 0.232 e. The van der Waals surface area contributed by atoms with Crippen LogP contribution < -0.4 is 0 Å². The van der Waals surface area contributed by atoms with Crippen molar-refractivity contribution in [3.8, 4) is 0 Å². The minimum atomic E-state index is -0.355. The molecule has 0 saturated heterocycles. The third-order valence-electron chi connectivity index (χ3n) is 3.71. The van der Waals surface area contributed by atoms with Crippen LogP contribution in [-0.4, -0.2) is 28.0 Å². The van der Waals surface area contributed by atoms with E-state index in [0.29, 0.717) is 24.2 Å². The molecule has 0 amide bonds. The highest BCUT2D eigenvalue weighted by atomic mass is 16.5. The number of ether oxygens (including phenoxy) is 1. The Morgan fingerprint density at radius 3 is 2.74 bits per heavy atom. The van der Waals surface area contributed by atoms with E-state index in [1.807, 2.05) is 6.92 Å². The van der Waals surface area contributed by atoms with Crippen LogP contribution in [-0.2, 0) is 4.74 Å². The highest BCUT2D eigenvalue weighted by Crippen LogP contribution is 2.33. The molecule has 1 fully saturated rings. The number of hydrogen-bond acceptors (Lipinski definition) is 5. The Kier molecular flexibility index (Phi) is 4.93. The molecule has 0 radical (unpaired) electrons. The van der Waals surface area contributed by atoms with Crippen molar-refractivity contribution in [1.82, 2.24) is 10.1 Å². The van der Waals surface area contributed by atoms with Gasteiger partial charge in [0.2, 0.25) is 11.7 Å². The van der Waals surface area contributed by atoms with Crippen LogP contribution in [0.4, 0.5) is 0 Å². The van der Waals surface area contributed by atoms with E-state index in [4.69, 9.17) is 9.26 Å². The minimum absolute atomic E-state index is 0.00978. The summed E-state index contributed by atoms with van der Waals surface area (Å²) in [6.07, 6.45) is 3.44. The summed E-state index contributed by atoms with van der Waals surface area (Å²) in [4.78, 5) is 4.46. The topological polar surface area (TPSA) is 68.4 Å². The van der Waals surface area contributed by atoms with Gasteiger partial charge in [0.25, 0.3) is 0 Å². The number of nitrogens with zero attached hydrogens (tertiary/aromatic N) is 2. The Hall–Kier alpha value is -0.940. The molecular formula is C14H24N2O3. The molecule has 0 aromatic carbocycles. The van der Waals surface area contributed by atoms with Crippen LogP contribution in [0.5, 0.6) is 0 Å². The Bertz CT molecular complexity index is 373. The number of rotatable bonds is 5. The van der Waals surface area contributed by atoms with E-state index in [0.717, 1.165) is 25.7 Å². The molecule has 1 saturated carbocycles. The van der Waals surface area contributed by atoms with Gasteiger partial charge in [-0.25, -0.2) is 0 Å². The lowest BCUT2D eigenvalue weighted by atomic mass is 9.86. The maximum Gasteiger partial charge on any atom is 0.232 e. The van der Waals surface area contributed by atoms with Crippen LogP contribution >= 0.6 is 0 Å². The monoisotopic (exact) mass is 268 g/mol. The zero-order valence-electron chi connectivity index (χ0n) is 12.0. The molecule has 0 spiro atoms. The maximum atomic E-state index is 10.0. The van der Waals surface area contributed by atoms with Crippen LogP contribution in [0.2, 0.25) is 0 Å². The molecule has 5 nitrogen and oxygen atoms in total. The normalized spacial score (nSPS) is 25.7. The van der Waals surface area contributed by atoms with Crippen molar-refractivity contribution in [3.63, 3.8) is 0 Å². The second-order valence-corrected chi connectivity index (χ2v) is 5.57. The highest BCUT2D eigenvalue weighted by molar-refractivity contribution is 5.01. The van der Waals surface area contributed by atoms with Gasteiger partial charge in [-0.05, 0) is 25.7 Å². The SMILES string of the molecule is CCOC(c1noc(C2CCCCC2O)n1)C(C)C. The molecular weight excluding hydrogens is 244 g/mol. The van der Waals surface area contributed by atoms with Gasteiger partial charge < -0.3 is 14.4 Å². The maximum absolute atomic E-state index is 10.0. The molecule has 1 aliphatic rings. The van der Waals surface area contributed by atoms with Crippen molar-refractivity contribution in [2.45, 2.75) is 64.6 Å². The molecule has 5 heteroatoms. The average Bonchev–Trinajstić information content (AvgIpc) is 2.85. The highest BCUT2D eigenvalue weighted by Gasteiger charge is 2.31. The lowest BCUT2D eigenvalue weighted by molar-refractivity contribution is 0.0217. The van der Waals surface area contributed by atoms with Crippen LogP contribution in [0.3, 0.4) is 0 Å². The van der Waals surface area contributed by atoms with Crippen molar-refractivity contribution in [2.24, 2.45) is 5.92 Å². The first-order valence-electron chi connectivity index (χ1n) is 7.26. The fraction of sp³-hybridized carbons (Fsp3) is 0.857. The first-order chi connectivity index (χ1) is 9.13. The number of hydrogen-bond donors (Lipinski definition) is 1. The second-order valence-electron chi connectivity index (χ2n) is 5.57. The van der Waals surface area contributed by atoms with Gasteiger partial charge in [-0.2, -0.15) is 4.98 Å². The summed E-state index contributed by atoms with van der Waals surface area (Å²) in [5.41, 5.74) is 0. The number of aliphatic hydroxyl groups excluding tert-OH is 1. The summed E-state index contributed by atoms with van der Waals surface area (Å²) in [6.45, 7) is 6.73. The zero-order valence-corrected chi connectivity index (χ0v) is 12.0. The van der Waals surface area contributed by atoms with E-state index < -0.39 is 0 Å². The molecule has 1 aromatic heterocycles. The summed E-state index contributed by atoms with van der Waals surface area (Å²) in [6, 6.07) is 0. The van der Waals surface area contributed by atoms with Gasteiger partial charge in [0, 0.05) is 6.61 Å². The predicted octanol–water partition coefficient (Wildman–Crippen LogP) is 2.82. The van der Waals surface area contributed by atoms with E-state index in [9.17, 15) is 5.11 Å². The van der Waals surface area contributed by atoms with E-state index in [1.54, 1.807) is 0 Å². The Balaban J connectivity index is 2.12. The second kappa shape index (κ2) is 6.48. The lowest BCUT2D eigenvalue weighted by Crippen LogP contribution is -2.23. The molecule has 3 unspecified atom stereocenters. The molecule has 19 heavy (non-hydrogen) atoms. The van der Waals surface area contributed by atoms with E-state index in [1.165, 1.54) is 0 Å². The molecule has 1 N–H and O–H groups in total. The van der Waals surface area contributed by atoms with Crippen molar-refractivity contribution in [3.05, 3.63) is 11.7 Å². The van der Waals surface area contributed by atoms with Crippen molar-refractivity contribution in [2.75, 3.05) is 6.61 Å². The van der Waals surface area contributed by atoms with Gasteiger partial charge in [0.1, 0.15) is 6.10 Å². The minimum Gasteiger partial charge on any atom is -0.392 e. The van der Waals surface area contributed by atoms with Gasteiger partial charge in [-0.1, -0.05) is 31.8 Å². The first kappa shape index (κ1) is 14.5. The van der Waals surface area contributed by atoms with Gasteiger partial charge in [-0.3, -0.25) is 0 Å². The zero-order chi connectivity index (χ0) is 13.8. The van der Waals surface area contributed by atoms with Crippen molar-refractivity contribution >= 4 is 0 Å². The molecule has 3 atom stereocenters. The lowest BCUT2D eigenvalue weighted by Gasteiger charge is -2.24. The summed E-state index contributed by atoms with van der Waals surface area (Å²) < 4.78 is 11.0. The summed E-state index contributed by atoms with van der Waals surface area (Å²) in [5.74, 6) is 1.45. The van der Waals surface area contributed by atoms with Crippen molar-refractivity contribution in [1.29, 1.82) is 0 Å².